The summed E-state index contributed by atoms with van der Waals surface area (Å²) in [5.41, 5.74) is 4.77. The fourth-order valence-corrected chi connectivity index (χ4v) is 1.59. The molecule has 0 saturated carbocycles. The zero-order chi connectivity index (χ0) is 13.2. The van der Waals surface area contributed by atoms with Crippen LogP contribution < -0.4 is 5.73 Å². The SMILES string of the molecule is CCC(C)c1ccc([N+](=O)[O-])c(N)c1[N+](=O)[O-]. The molecule has 0 radical (unpaired) electrons. The van der Waals surface area contributed by atoms with Gasteiger partial charge in [0.05, 0.1) is 9.85 Å². The van der Waals surface area contributed by atoms with Gasteiger partial charge in [-0.2, -0.15) is 0 Å². The van der Waals surface area contributed by atoms with Crippen LogP contribution >= 0.6 is 0 Å². The van der Waals surface area contributed by atoms with Crippen LogP contribution in [0.25, 0.3) is 0 Å². The number of hydrogen-bond acceptors (Lipinski definition) is 5. The summed E-state index contributed by atoms with van der Waals surface area (Å²) in [5.74, 6) is -0.0708. The monoisotopic (exact) mass is 239 g/mol. The van der Waals surface area contributed by atoms with Gasteiger partial charge in [-0.05, 0) is 18.4 Å². The van der Waals surface area contributed by atoms with Crippen molar-refractivity contribution in [1.29, 1.82) is 0 Å². The van der Waals surface area contributed by atoms with Crippen LogP contribution in [0.4, 0.5) is 17.1 Å². The maximum Gasteiger partial charge on any atom is 0.302 e. The van der Waals surface area contributed by atoms with Crippen LogP contribution in [0.5, 0.6) is 0 Å². The smallest absolute Gasteiger partial charge is 0.302 e. The number of nitro groups is 2. The third-order valence-electron chi connectivity index (χ3n) is 2.75. The van der Waals surface area contributed by atoms with Crippen LogP contribution in [0.2, 0.25) is 0 Å². The fraction of sp³-hybridized carbons (Fsp3) is 0.400. The van der Waals surface area contributed by atoms with Gasteiger partial charge in [-0.1, -0.05) is 13.8 Å². The summed E-state index contributed by atoms with van der Waals surface area (Å²) >= 11 is 0. The summed E-state index contributed by atoms with van der Waals surface area (Å²) in [7, 11) is 0. The first kappa shape index (κ1) is 12.9. The number of nitrogens with two attached hydrogens (primary N) is 1. The van der Waals surface area contributed by atoms with E-state index in [-0.39, 0.29) is 17.3 Å². The van der Waals surface area contributed by atoms with Crippen LogP contribution in [-0.2, 0) is 0 Å². The number of benzene rings is 1. The van der Waals surface area contributed by atoms with Gasteiger partial charge < -0.3 is 5.73 Å². The predicted octanol–water partition coefficient (Wildman–Crippen LogP) is 2.60. The van der Waals surface area contributed by atoms with Gasteiger partial charge in [0.25, 0.3) is 5.69 Å². The molecule has 0 saturated heterocycles. The van der Waals surface area contributed by atoms with Crippen molar-refractivity contribution in [3.05, 3.63) is 37.9 Å². The Bertz CT molecular complexity index is 473. The van der Waals surface area contributed by atoms with E-state index >= 15 is 0 Å². The second-order valence-electron chi connectivity index (χ2n) is 3.76. The van der Waals surface area contributed by atoms with E-state index in [2.05, 4.69) is 0 Å². The molecular weight excluding hydrogens is 226 g/mol. The van der Waals surface area contributed by atoms with E-state index in [1.54, 1.807) is 0 Å². The number of nitrogen functional groups attached to an aromatic ring is 1. The van der Waals surface area contributed by atoms with Crippen LogP contribution in [0.15, 0.2) is 12.1 Å². The molecule has 7 heteroatoms. The molecule has 1 aromatic carbocycles. The lowest BCUT2D eigenvalue weighted by atomic mass is 9.95. The van der Waals surface area contributed by atoms with Crippen LogP contribution in [0.1, 0.15) is 31.7 Å². The molecule has 0 aromatic heterocycles. The van der Waals surface area contributed by atoms with Crippen molar-refractivity contribution < 1.29 is 9.85 Å². The lowest BCUT2D eigenvalue weighted by Gasteiger charge is -2.10. The summed E-state index contributed by atoms with van der Waals surface area (Å²) in [4.78, 5) is 20.2. The van der Waals surface area contributed by atoms with Gasteiger partial charge in [0.15, 0.2) is 5.69 Å². The van der Waals surface area contributed by atoms with Crippen molar-refractivity contribution in [1.82, 2.24) is 0 Å². The molecule has 92 valence electrons. The molecule has 1 aromatic rings. The maximum absolute atomic E-state index is 10.9. The number of hydrogen-bond donors (Lipinski definition) is 1. The Hall–Kier alpha value is -2.18. The molecule has 17 heavy (non-hydrogen) atoms. The van der Waals surface area contributed by atoms with E-state index in [9.17, 15) is 20.2 Å². The Balaban J connectivity index is 3.50. The highest BCUT2D eigenvalue weighted by atomic mass is 16.6. The molecule has 7 nitrogen and oxygen atoms in total. The standard InChI is InChI=1S/C10H13N3O4/c1-3-6(2)7-4-5-8(12(14)15)9(11)10(7)13(16)17/h4-6H,3,11H2,1-2H3. The first-order valence-corrected chi connectivity index (χ1v) is 5.11. The lowest BCUT2D eigenvalue weighted by Crippen LogP contribution is -2.06. The first-order valence-electron chi connectivity index (χ1n) is 5.11. The Morgan fingerprint density at radius 2 is 1.88 bits per heavy atom. The number of anilines is 1. The summed E-state index contributed by atoms with van der Waals surface area (Å²) in [6.07, 6.45) is 0.693. The van der Waals surface area contributed by atoms with E-state index < -0.39 is 15.5 Å². The number of nitrogens with zero attached hydrogens (tertiary/aromatic N) is 2. The molecule has 0 spiro atoms. The highest BCUT2D eigenvalue weighted by Crippen LogP contribution is 2.38. The van der Waals surface area contributed by atoms with Gasteiger partial charge in [0, 0.05) is 11.6 Å². The van der Waals surface area contributed by atoms with Crippen LogP contribution in [-0.4, -0.2) is 9.85 Å². The topological polar surface area (TPSA) is 112 Å². The Labute approximate surface area is 97.5 Å². The Morgan fingerprint density at radius 1 is 1.29 bits per heavy atom. The van der Waals surface area contributed by atoms with E-state index in [1.807, 2.05) is 13.8 Å². The molecule has 1 rings (SSSR count). The molecule has 1 atom stereocenters. The number of rotatable bonds is 4. The summed E-state index contributed by atoms with van der Waals surface area (Å²) in [6, 6.07) is 2.62. The molecule has 0 aliphatic carbocycles. The van der Waals surface area contributed by atoms with E-state index in [0.29, 0.717) is 12.0 Å². The summed E-state index contributed by atoms with van der Waals surface area (Å²) in [6.45, 7) is 3.69. The van der Waals surface area contributed by atoms with Crippen molar-refractivity contribution in [2.75, 3.05) is 5.73 Å². The van der Waals surface area contributed by atoms with E-state index in [1.165, 1.54) is 12.1 Å². The average molecular weight is 239 g/mol. The molecule has 0 bridgehead atoms. The number of nitro benzene ring substituents is 2. The van der Waals surface area contributed by atoms with Crippen molar-refractivity contribution in [3.8, 4) is 0 Å². The zero-order valence-electron chi connectivity index (χ0n) is 9.54. The van der Waals surface area contributed by atoms with Crippen molar-refractivity contribution in [2.45, 2.75) is 26.2 Å². The van der Waals surface area contributed by atoms with Crippen molar-refractivity contribution in [3.63, 3.8) is 0 Å². The normalized spacial score (nSPS) is 12.1. The summed E-state index contributed by atoms with van der Waals surface area (Å²) < 4.78 is 0. The summed E-state index contributed by atoms with van der Waals surface area (Å²) in [5, 5.41) is 21.6. The molecule has 0 amide bonds. The minimum atomic E-state index is -0.720. The van der Waals surface area contributed by atoms with Crippen LogP contribution in [0, 0.1) is 20.2 Å². The van der Waals surface area contributed by atoms with Gasteiger partial charge in [-0.3, -0.25) is 20.2 Å². The zero-order valence-corrected chi connectivity index (χ0v) is 9.54. The maximum atomic E-state index is 10.9. The largest absolute Gasteiger partial charge is 0.387 e. The molecule has 0 aliphatic rings. The third-order valence-corrected chi connectivity index (χ3v) is 2.75. The highest BCUT2D eigenvalue weighted by molar-refractivity contribution is 5.74. The van der Waals surface area contributed by atoms with Gasteiger partial charge in [-0.15, -0.1) is 0 Å². The minimum absolute atomic E-state index is 0.0708. The minimum Gasteiger partial charge on any atom is -0.387 e. The first-order chi connectivity index (χ1) is 7.90. The molecule has 0 fully saturated rings. The Kier molecular flexibility index (Phi) is 3.62. The quantitative estimate of drug-likeness (QED) is 0.493. The second kappa shape index (κ2) is 4.77. The van der Waals surface area contributed by atoms with E-state index in [4.69, 9.17) is 5.73 Å². The van der Waals surface area contributed by atoms with Gasteiger partial charge in [0.1, 0.15) is 0 Å². The van der Waals surface area contributed by atoms with Gasteiger partial charge >= 0.3 is 5.69 Å². The fourth-order valence-electron chi connectivity index (χ4n) is 1.59. The van der Waals surface area contributed by atoms with Crippen molar-refractivity contribution >= 4 is 17.1 Å². The average Bonchev–Trinajstić information content (AvgIpc) is 2.26. The lowest BCUT2D eigenvalue weighted by molar-refractivity contribution is -0.392. The van der Waals surface area contributed by atoms with Gasteiger partial charge in [0.2, 0.25) is 0 Å². The van der Waals surface area contributed by atoms with Crippen molar-refractivity contribution in [2.24, 2.45) is 0 Å². The second-order valence-corrected chi connectivity index (χ2v) is 3.76. The molecule has 0 aliphatic heterocycles. The van der Waals surface area contributed by atoms with Gasteiger partial charge in [-0.25, -0.2) is 0 Å². The molecule has 1 unspecified atom stereocenters. The predicted molar refractivity (Wildman–Crippen MR) is 62.9 cm³/mol. The third kappa shape index (κ3) is 2.32. The van der Waals surface area contributed by atoms with Crippen LogP contribution in [0.3, 0.4) is 0 Å². The van der Waals surface area contributed by atoms with E-state index in [0.717, 1.165) is 0 Å². The highest BCUT2D eigenvalue weighted by Gasteiger charge is 2.28. The molecular formula is C10H13N3O4. The Morgan fingerprint density at radius 3 is 2.29 bits per heavy atom. The molecule has 2 N–H and O–H groups in total. The molecule has 0 heterocycles.